The van der Waals surface area contributed by atoms with Gasteiger partial charge in [0.05, 0.1) is 0 Å². The van der Waals surface area contributed by atoms with Gasteiger partial charge in [0.25, 0.3) is 0 Å². The Labute approximate surface area is 121 Å². The van der Waals surface area contributed by atoms with Crippen molar-refractivity contribution in [3.05, 3.63) is 70.8 Å². The molecule has 0 heterocycles. The summed E-state index contributed by atoms with van der Waals surface area (Å²) in [5.74, 6) is 1.22. The van der Waals surface area contributed by atoms with E-state index in [9.17, 15) is 0 Å². The van der Waals surface area contributed by atoms with Crippen molar-refractivity contribution in [3.63, 3.8) is 0 Å². The Hall–Kier alpha value is -1.27. The summed E-state index contributed by atoms with van der Waals surface area (Å²) in [4.78, 5) is 0. The van der Waals surface area contributed by atoms with E-state index in [1.165, 1.54) is 22.3 Å². The van der Waals surface area contributed by atoms with Gasteiger partial charge in [0.15, 0.2) is 0 Å². The molecule has 2 aromatic carbocycles. The maximum atomic E-state index is 6.15. The Balaban J connectivity index is 2.06. The number of hydrogen-bond acceptors (Lipinski definition) is 0. The van der Waals surface area contributed by atoms with E-state index >= 15 is 0 Å². The first kappa shape index (κ1) is 14.1. The van der Waals surface area contributed by atoms with Gasteiger partial charge in [-0.1, -0.05) is 59.7 Å². The van der Waals surface area contributed by atoms with E-state index in [1.54, 1.807) is 0 Å². The molecule has 0 fully saturated rings. The summed E-state index contributed by atoms with van der Waals surface area (Å²) >= 11 is 6.15. The molecule has 1 unspecified atom stereocenters. The molecule has 0 bridgehead atoms. The summed E-state index contributed by atoms with van der Waals surface area (Å²) in [5, 5.41) is 0. The lowest BCUT2D eigenvalue weighted by Crippen LogP contribution is -2.10. The Kier molecular flexibility index (Phi) is 5.04. The summed E-state index contributed by atoms with van der Waals surface area (Å²) < 4.78 is 0. The van der Waals surface area contributed by atoms with Crippen molar-refractivity contribution in [2.24, 2.45) is 5.92 Å². The third-order valence-electron chi connectivity index (χ3n) is 3.39. The average Bonchev–Trinajstić information content (AvgIpc) is 2.38. The third kappa shape index (κ3) is 4.40. The van der Waals surface area contributed by atoms with Gasteiger partial charge in [0.1, 0.15) is 0 Å². The maximum Gasteiger partial charge on any atom is 0.0258 e. The second-order valence-electron chi connectivity index (χ2n) is 5.41. The van der Waals surface area contributed by atoms with Crippen molar-refractivity contribution in [2.45, 2.75) is 26.7 Å². The fraction of sp³-hybridized carbons (Fsp3) is 0.333. The lowest BCUT2D eigenvalue weighted by molar-refractivity contribution is 0.583. The minimum Gasteiger partial charge on any atom is -0.126 e. The first-order valence-electron chi connectivity index (χ1n) is 6.84. The molecule has 0 aliphatic heterocycles. The zero-order valence-electron chi connectivity index (χ0n) is 11.7. The zero-order valence-corrected chi connectivity index (χ0v) is 12.5. The highest BCUT2D eigenvalue weighted by molar-refractivity contribution is 6.18. The first-order chi connectivity index (χ1) is 9.17. The van der Waals surface area contributed by atoms with Crippen LogP contribution in [0.1, 0.15) is 22.3 Å². The van der Waals surface area contributed by atoms with Crippen LogP contribution in [0, 0.1) is 19.8 Å². The molecule has 0 amide bonds. The number of aryl methyl sites for hydroxylation is 2. The van der Waals surface area contributed by atoms with E-state index in [0.29, 0.717) is 11.8 Å². The standard InChI is InChI=1S/C18H21Cl/c1-14-8-15(2)10-17(9-14)12-18(13-19)11-16-6-4-3-5-7-16/h3-10,18H,11-13H2,1-2H3. The molecular weight excluding hydrogens is 252 g/mol. The predicted molar refractivity (Wildman–Crippen MR) is 84.0 cm³/mol. The van der Waals surface area contributed by atoms with Crippen molar-refractivity contribution in [1.82, 2.24) is 0 Å². The Morgan fingerprint density at radius 1 is 0.842 bits per heavy atom. The molecule has 0 aliphatic carbocycles. The molecule has 0 radical (unpaired) electrons. The Bertz CT molecular complexity index is 496. The average molecular weight is 273 g/mol. The van der Waals surface area contributed by atoms with Gasteiger partial charge < -0.3 is 0 Å². The van der Waals surface area contributed by atoms with Gasteiger partial charge in [-0.3, -0.25) is 0 Å². The second kappa shape index (κ2) is 6.77. The van der Waals surface area contributed by atoms with Gasteiger partial charge in [-0.15, -0.1) is 11.6 Å². The van der Waals surface area contributed by atoms with Crippen LogP contribution in [0.5, 0.6) is 0 Å². The molecule has 0 aromatic heterocycles. The molecule has 19 heavy (non-hydrogen) atoms. The summed E-state index contributed by atoms with van der Waals surface area (Å²) in [6.07, 6.45) is 2.11. The van der Waals surface area contributed by atoms with E-state index in [-0.39, 0.29) is 0 Å². The van der Waals surface area contributed by atoms with Gasteiger partial charge in [0.2, 0.25) is 0 Å². The number of alkyl halides is 1. The van der Waals surface area contributed by atoms with Crippen LogP contribution in [0.2, 0.25) is 0 Å². The van der Waals surface area contributed by atoms with E-state index < -0.39 is 0 Å². The topological polar surface area (TPSA) is 0 Å². The quantitative estimate of drug-likeness (QED) is 0.676. The van der Waals surface area contributed by atoms with Crippen LogP contribution in [-0.4, -0.2) is 5.88 Å². The number of hydrogen-bond donors (Lipinski definition) is 0. The Morgan fingerprint density at radius 3 is 2.00 bits per heavy atom. The summed E-state index contributed by atoms with van der Waals surface area (Å²) in [6.45, 7) is 4.31. The monoisotopic (exact) mass is 272 g/mol. The minimum atomic E-state index is 0.505. The van der Waals surface area contributed by atoms with Crippen molar-refractivity contribution in [2.75, 3.05) is 5.88 Å². The van der Waals surface area contributed by atoms with E-state index in [4.69, 9.17) is 11.6 Å². The molecule has 0 aliphatic rings. The zero-order chi connectivity index (χ0) is 13.7. The molecule has 0 saturated carbocycles. The summed E-state index contributed by atoms with van der Waals surface area (Å²) in [5.41, 5.74) is 5.45. The van der Waals surface area contributed by atoms with Gasteiger partial charge >= 0.3 is 0 Å². The molecule has 0 saturated heterocycles. The van der Waals surface area contributed by atoms with Crippen molar-refractivity contribution >= 4 is 11.6 Å². The van der Waals surface area contributed by atoms with Crippen LogP contribution in [0.15, 0.2) is 48.5 Å². The van der Waals surface area contributed by atoms with E-state index in [2.05, 4.69) is 62.4 Å². The Morgan fingerprint density at radius 2 is 1.42 bits per heavy atom. The van der Waals surface area contributed by atoms with E-state index in [0.717, 1.165) is 12.8 Å². The second-order valence-corrected chi connectivity index (χ2v) is 5.72. The molecular formula is C18H21Cl. The highest BCUT2D eigenvalue weighted by Gasteiger charge is 2.10. The SMILES string of the molecule is Cc1cc(C)cc(CC(CCl)Cc2ccccc2)c1. The first-order valence-corrected chi connectivity index (χ1v) is 7.38. The molecule has 0 spiro atoms. The highest BCUT2D eigenvalue weighted by atomic mass is 35.5. The smallest absolute Gasteiger partial charge is 0.0258 e. The molecule has 2 rings (SSSR count). The molecule has 0 N–H and O–H groups in total. The normalized spacial score (nSPS) is 12.4. The van der Waals surface area contributed by atoms with Crippen LogP contribution in [-0.2, 0) is 12.8 Å². The van der Waals surface area contributed by atoms with Crippen LogP contribution in [0.4, 0.5) is 0 Å². The van der Waals surface area contributed by atoms with Crippen molar-refractivity contribution < 1.29 is 0 Å². The van der Waals surface area contributed by atoms with Crippen LogP contribution < -0.4 is 0 Å². The van der Waals surface area contributed by atoms with E-state index in [1.807, 2.05) is 0 Å². The molecule has 0 nitrogen and oxygen atoms in total. The number of halogens is 1. The number of rotatable bonds is 5. The maximum absolute atomic E-state index is 6.15. The highest BCUT2D eigenvalue weighted by Crippen LogP contribution is 2.18. The van der Waals surface area contributed by atoms with Crippen LogP contribution in [0.3, 0.4) is 0 Å². The number of benzene rings is 2. The van der Waals surface area contributed by atoms with Crippen molar-refractivity contribution in [1.29, 1.82) is 0 Å². The van der Waals surface area contributed by atoms with Gasteiger partial charge in [-0.2, -0.15) is 0 Å². The van der Waals surface area contributed by atoms with Crippen molar-refractivity contribution in [3.8, 4) is 0 Å². The third-order valence-corrected chi connectivity index (χ3v) is 3.83. The lowest BCUT2D eigenvalue weighted by Gasteiger charge is -2.15. The van der Waals surface area contributed by atoms with Crippen LogP contribution in [0.25, 0.3) is 0 Å². The van der Waals surface area contributed by atoms with Gasteiger partial charge in [-0.25, -0.2) is 0 Å². The molecule has 1 atom stereocenters. The summed E-state index contributed by atoms with van der Waals surface area (Å²) in [6, 6.07) is 17.4. The fourth-order valence-electron chi connectivity index (χ4n) is 2.65. The molecule has 2 aromatic rings. The minimum absolute atomic E-state index is 0.505. The molecule has 100 valence electrons. The largest absolute Gasteiger partial charge is 0.126 e. The lowest BCUT2D eigenvalue weighted by atomic mass is 9.93. The fourth-order valence-corrected chi connectivity index (χ4v) is 2.87. The summed E-state index contributed by atoms with van der Waals surface area (Å²) in [7, 11) is 0. The molecule has 1 heteroatoms. The van der Waals surface area contributed by atoms with Gasteiger partial charge in [-0.05, 0) is 43.7 Å². The van der Waals surface area contributed by atoms with Gasteiger partial charge in [0, 0.05) is 5.88 Å². The van der Waals surface area contributed by atoms with Crippen LogP contribution >= 0.6 is 11.6 Å². The predicted octanol–water partition coefficient (Wildman–Crippen LogP) is 4.94.